The molecule has 0 atom stereocenters. The topological polar surface area (TPSA) is 81.8 Å². The molecule has 3 aromatic heterocycles. The first-order valence-electron chi connectivity index (χ1n) is 10.6. The van der Waals surface area contributed by atoms with Crippen LogP contribution in [0.4, 0.5) is 17.3 Å². The van der Waals surface area contributed by atoms with Crippen molar-refractivity contribution in [3.05, 3.63) is 66.1 Å². The third-order valence-electron chi connectivity index (χ3n) is 5.66. The van der Waals surface area contributed by atoms with Crippen LogP contribution in [0.1, 0.15) is 0 Å². The summed E-state index contributed by atoms with van der Waals surface area (Å²) < 4.78 is 1.92. The summed E-state index contributed by atoms with van der Waals surface area (Å²) in [5, 5.41) is 12.8. The fraction of sp³-hybridized carbons (Fsp3) is 0.261. The first-order valence-corrected chi connectivity index (χ1v) is 11.0. The monoisotopic (exact) mass is 449 g/mol. The number of aliphatic hydroxyl groups is 1. The van der Waals surface area contributed by atoms with Gasteiger partial charge in [-0.1, -0.05) is 17.7 Å². The second kappa shape index (κ2) is 9.12. The maximum atomic E-state index is 9.10. The molecule has 0 saturated carbocycles. The Hall–Kier alpha value is -3.20. The van der Waals surface area contributed by atoms with E-state index in [4.69, 9.17) is 16.7 Å². The normalized spacial score (nSPS) is 14.8. The molecule has 0 bridgehead atoms. The van der Waals surface area contributed by atoms with Crippen LogP contribution in [0.3, 0.4) is 0 Å². The summed E-state index contributed by atoms with van der Waals surface area (Å²) in [4.78, 5) is 18.1. The molecule has 164 valence electrons. The van der Waals surface area contributed by atoms with Crippen LogP contribution >= 0.6 is 11.6 Å². The minimum Gasteiger partial charge on any atom is -0.395 e. The van der Waals surface area contributed by atoms with Crippen molar-refractivity contribution in [3.8, 4) is 11.4 Å². The van der Waals surface area contributed by atoms with Crippen LogP contribution in [0.15, 0.2) is 60.9 Å². The van der Waals surface area contributed by atoms with Crippen LogP contribution in [0, 0.1) is 0 Å². The number of hydrogen-bond donors (Lipinski definition) is 2. The maximum Gasteiger partial charge on any atom is 0.227 e. The Morgan fingerprint density at radius 3 is 2.56 bits per heavy atom. The van der Waals surface area contributed by atoms with Gasteiger partial charge in [0.1, 0.15) is 11.3 Å². The quantitative estimate of drug-likeness (QED) is 0.467. The average molecular weight is 450 g/mol. The van der Waals surface area contributed by atoms with Crippen molar-refractivity contribution in [1.82, 2.24) is 24.3 Å². The van der Waals surface area contributed by atoms with Crippen LogP contribution in [0.5, 0.6) is 0 Å². The van der Waals surface area contributed by atoms with E-state index in [0.29, 0.717) is 16.8 Å². The number of fused-ring (bicyclic) bond motifs is 1. The van der Waals surface area contributed by atoms with E-state index < -0.39 is 0 Å². The highest BCUT2D eigenvalue weighted by Crippen LogP contribution is 2.28. The number of hydrogen-bond acceptors (Lipinski definition) is 7. The van der Waals surface area contributed by atoms with Crippen LogP contribution in [-0.4, -0.2) is 68.7 Å². The van der Waals surface area contributed by atoms with Crippen molar-refractivity contribution in [2.45, 2.75) is 0 Å². The first kappa shape index (κ1) is 20.7. The van der Waals surface area contributed by atoms with E-state index in [9.17, 15) is 0 Å². The summed E-state index contributed by atoms with van der Waals surface area (Å²) in [7, 11) is 0. The molecule has 1 aliphatic heterocycles. The molecule has 1 aromatic carbocycles. The van der Waals surface area contributed by atoms with Crippen molar-refractivity contribution in [2.75, 3.05) is 49.5 Å². The van der Waals surface area contributed by atoms with E-state index in [0.717, 1.165) is 49.8 Å². The van der Waals surface area contributed by atoms with E-state index in [1.54, 1.807) is 6.20 Å². The molecule has 9 heteroatoms. The number of β-amino-alcohol motifs (C(OH)–C–C–N with tert-alkyl or cyclic N) is 1. The molecule has 1 fully saturated rings. The molecule has 8 nitrogen and oxygen atoms in total. The van der Waals surface area contributed by atoms with E-state index in [-0.39, 0.29) is 6.61 Å². The van der Waals surface area contributed by atoms with E-state index >= 15 is 0 Å². The lowest BCUT2D eigenvalue weighted by Gasteiger charge is -2.35. The fourth-order valence-electron chi connectivity index (χ4n) is 4.00. The van der Waals surface area contributed by atoms with Gasteiger partial charge in [-0.25, -0.2) is 15.0 Å². The summed E-state index contributed by atoms with van der Waals surface area (Å²) in [5.74, 6) is 0.495. The number of anilines is 3. The molecule has 32 heavy (non-hydrogen) atoms. The Kier molecular flexibility index (Phi) is 5.89. The van der Waals surface area contributed by atoms with Gasteiger partial charge in [0.2, 0.25) is 5.95 Å². The molecule has 2 N–H and O–H groups in total. The van der Waals surface area contributed by atoms with Gasteiger partial charge in [0.25, 0.3) is 0 Å². The molecule has 0 spiro atoms. The molecule has 0 unspecified atom stereocenters. The van der Waals surface area contributed by atoms with Gasteiger partial charge in [0.15, 0.2) is 5.15 Å². The Morgan fingerprint density at radius 2 is 1.78 bits per heavy atom. The number of aliphatic hydroxyl groups excluding tert-OH is 1. The Morgan fingerprint density at radius 1 is 0.969 bits per heavy atom. The molecule has 0 aliphatic carbocycles. The number of piperazine rings is 1. The van der Waals surface area contributed by atoms with Crippen LogP contribution in [0.25, 0.3) is 17.0 Å². The fourth-order valence-corrected chi connectivity index (χ4v) is 4.28. The maximum absolute atomic E-state index is 9.10. The molecule has 5 rings (SSSR count). The molecule has 0 amide bonds. The van der Waals surface area contributed by atoms with Crippen molar-refractivity contribution in [3.63, 3.8) is 0 Å². The van der Waals surface area contributed by atoms with Gasteiger partial charge in [-0.2, -0.15) is 0 Å². The third-order valence-corrected chi connectivity index (χ3v) is 5.93. The summed E-state index contributed by atoms with van der Waals surface area (Å²) in [6, 6.07) is 15.9. The molecular formula is C23H24ClN7O. The number of benzene rings is 1. The first-order chi connectivity index (χ1) is 15.7. The summed E-state index contributed by atoms with van der Waals surface area (Å²) in [5.41, 5.74) is 4.31. The molecule has 0 radical (unpaired) electrons. The highest BCUT2D eigenvalue weighted by Gasteiger charge is 2.17. The second-order valence-electron chi connectivity index (χ2n) is 7.67. The smallest absolute Gasteiger partial charge is 0.227 e. The van der Waals surface area contributed by atoms with E-state index in [1.165, 1.54) is 5.69 Å². The van der Waals surface area contributed by atoms with Crippen molar-refractivity contribution < 1.29 is 5.11 Å². The molecule has 1 saturated heterocycles. The van der Waals surface area contributed by atoms with Crippen LogP contribution < -0.4 is 10.2 Å². The van der Waals surface area contributed by atoms with Crippen molar-refractivity contribution >= 4 is 34.6 Å². The van der Waals surface area contributed by atoms with Crippen LogP contribution in [-0.2, 0) is 0 Å². The second-order valence-corrected chi connectivity index (χ2v) is 8.03. The van der Waals surface area contributed by atoms with Gasteiger partial charge in [-0.15, -0.1) is 0 Å². The van der Waals surface area contributed by atoms with E-state index in [2.05, 4.69) is 42.2 Å². The SMILES string of the molecule is OCCN1CCN(c2ccc(Nc3nccc(-c4c(Cl)nc5ccccn45)n3)cc2)CC1. The number of pyridine rings is 1. The van der Waals surface area contributed by atoms with Gasteiger partial charge >= 0.3 is 0 Å². The summed E-state index contributed by atoms with van der Waals surface area (Å²) in [6.07, 6.45) is 3.63. The van der Waals surface area contributed by atoms with Crippen molar-refractivity contribution in [1.29, 1.82) is 0 Å². The zero-order valence-corrected chi connectivity index (χ0v) is 18.3. The molecular weight excluding hydrogens is 426 g/mol. The van der Waals surface area contributed by atoms with Gasteiger partial charge in [0.05, 0.1) is 12.3 Å². The number of aromatic nitrogens is 4. The van der Waals surface area contributed by atoms with E-state index in [1.807, 2.05) is 47.0 Å². The van der Waals surface area contributed by atoms with Gasteiger partial charge in [-0.3, -0.25) is 9.30 Å². The number of imidazole rings is 1. The lowest BCUT2D eigenvalue weighted by atomic mass is 10.2. The van der Waals surface area contributed by atoms with Gasteiger partial charge in [-0.05, 0) is 42.5 Å². The van der Waals surface area contributed by atoms with Gasteiger partial charge < -0.3 is 15.3 Å². The Bertz CT molecular complexity index is 1200. The number of nitrogens with zero attached hydrogens (tertiary/aromatic N) is 6. The zero-order chi connectivity index (χ0) is 21.9. The van der Waals surface area contributed by atoms with Crippen LogP contribution in [0.2, 0.25) is 5.15 Å². The highest BCUT2D eigenvalue weighted by atomic mass is 35.5. The number of nitrogens with one attached hydrogen (secondary N) is 1. The third kappa shape index (κ3) is 4.25. The van der Waals surface area contributed by atoms with Gasteiger partial charge in [0, 0.05) is 56.5 Å². The number of rotatable bonds is 6. The summed E-state index contributed by atoms with van der Waals surface area (Å²) >= 11 is 6.40. The minimum atomic E-state index is 0.215. The standard InChI is InChI=1S/C23H24ClN7O/c24-22-21(31-10-2-1-3-20(31)28-22)19-8-9-25-23(27-19)26-17-4-6-18(7-5-17)30-13-11-29(12-14-30)15-16-32/h1-10,32H,11-16H2,(H,25,26,27). The van der Waals surface area contributed by atoms with Crippen molar-refractivity contribution in [2.24, 2.45) is 0 Å². The predicted octanol–water partition coefficient (Wildman–Crippen LogP) is 3.30. The molecule has 1 aliphatic rings. The Labute approximate surface area is 191 Å². The predicted molar refractivity (Wildman–Crippen MR) is 127 cm³/mol. The molecule has 4 heterocycles. The number of halogens is 1. The lowest BCUT2D eigenvalue weighted by Crippen LogP contribution is -2.47. The average Bonchev–Trinajstić information content (AvgIpc) is 3.16. The highest BCUT2D eigenvalue weighted by molar-refractivity contribution is 6.32. The molecule has 4 aromatic rings. The zero-order valence-electron chi connectivity index (χ0n) is 17.5. The largest absolute Gasteiger partial charge is 0.395 e. The summed E-state index contributed by atoms with van der Waals surface area (Å²) in [6.45, 7) is 4.80. The Balaban J connectivity index is 1.30. The minimum absolute atomic E-state index is 0.215. The lowest BCUT2D eigenvalue weighted by molar-refractivity contribution is 0.189.